The Morgan fingerprint density at radius 3 is 2.41 bits per heavy atom. The largest absolute Gasteiger partial charge is 0.481 e. The molecule has 1 heterocycles. The molecule has 0 fully saturated rings. The molecule has 2 aromatic carbocycles. The number of nitrogens with one attached hydrogen (secondary N) is 2. The van der Waals surface area contributed by atoms with Gasteiger partial charge in [0.25, 0.3) is 0 Å². The van der Waals surface area contributed by atoms with Gasteiger partial charge in [0, 0.05) is 21.5 Å². The lowest BCUT2D eigenvalue weighted by Gasteiger charge is -2.24. The predicted molar refractivity (Wildman–Crippen MR) is 150 cm³/mol. The summed E-state index contributed by atoms with van der Waals surface area (Å²) >= 11 is 14.7. The number of carbonyl (C=O) groups is 3. The maximum Gasteiger partial charge on any atom is 0.307 e. The van der Waals surface area contributed by atoms with Gasteiger partial charge in [-0.15, -0.1) is 23.1 Å². The number of carbonyl (C=O) groups excluding carboxylic acids is 2. The summed E-state index contributed by atoms with van der Waals surface area (Å²) in [7, 11) is 0. The van der Waals surface area contributed by atoms with E-state index in [4.69, 9.17) is 23.2 Å². The topological polar surface area (TPSA) is 108 Å². The second-order valence-corrected chi connectivity index (χ2v) is 11.5. The molecule has 11 heteroatoms. The smallest absolute Gasteiger partial charge is 0.307 e. The van der Waals surface area contributed by atoms with Crippen LogP contribution in [0.2, 0.25) is 10.0 Å². The molecule has 3 aromatic rings. The first-order chi connectivity index (χ1) is 17.7. The van der Waals surface area contributed by atoms with Gasteiger partial charge in [-0.3, -0.25) is 14.4 Å². The van der Waals surface area contributed by atoms with Crippen LogP contribution in [0.3, 0.4) is 0 Å². The molecule has 1 aliphatic carbocycles. The van der Waals surface area contributed by atoms with Crippen molar-refractivity contribution in [2.75, 3.05) is 10.6 Å². The molecule has 4 rings (SSSR count). The Hall–Kier alpha value is -2.85. The zero-order chi connectivity index (χ0) is 26.5. The van der Waals surface area contributed by atoms with Crippen molar-refractivity contribution >= 4 is 74.9 Å². The number of carboxylic acids is 1. The third-order valence-corrected chi connectivity index (χ3v) is 8.45. The van der Waals surface area contributed by atoms with E-state index in [2.05, 4.69) is 15.6 Å². The highest BCUT2D eigenvalue weighted by molar-refractivity contribution is 8.00. The fraction of sp³-hybridized carbons (Fsp3) is 0.231. The van der Waals surface area contributed by atoms with Crippen molar-refractivity contribution in [3.8, 4) is 11.3 Å². The van der Waals surface area contributed by atoms with Crippen molar-refractivity contribution in [1.29, 1.82) is 0 Å². The molecule has 0 saturated heterocycles. The summed E-state index contributed by atoms with van der Waals surface area (Å²) in [4.78, 5) is 42.2. The van der Waals surface area contributed by atoms with Crippen molar-refractivity contribution in [3.05, 3.63) is 70.0 Å². The highest BCUT2D eigenvalue weighted by Gasteiger charge is 2.34. The van der Waals surface area contributed by atoms with E-state index in [1.165, 1.54) is 23.1 Å². The van der Waals surface area contributed by atoms with E-state index >= 15 is 0 Å². The first-order valence-corrected chi connectivity index (χ1v) is 13.9. The summed E-state index contributed by atoms with van der Waals surface area (Å²) in [5, 5.41) is 17.9. The molecular weight excluding hydrogens is 553 g/mol. The molecule has 1 aliphatic rings. The van der Waals surface area contributed by atoms with Gasteiger partial charge in [0.15, 0.2) is 5.13 Å². The molecule has 3 N–H and O–H groups in total. The summed E-state index contributed by atoms with van der Waals surface area (Å²) in [6.07, 6.45) is 4.39. The Balaban J connectivity index is 1.31. The van der Waals surface area contributed by atoms with Crippen LogP contribution < -0.4 is 10.6 Å². The number of allylic oxidation sites excluding steroid dienone is 2. The van der Waals surface area contributed by atoms with Gasteiger partial charge in [0.1, 0.15) is 0 Å². The molecule has 2 amide bonds. The number of aliphatic carboxylic acids is 1. The van der Waals surface area contributed by atoms with Crippen LogP contribution in [0.15, 0.2) is 64.9 Å². The summed E-state index contributed by atoms with van der Waals surface area (Å²) in [5.74, 6) is -2.80. The van der Waals surface area contributed by atoms with Crippen LogP contribution in [-0.2, 0) is 14.4 Å². The molecule has 0 radical (unpaired) electrons. The molecule has 192 valence electrons. The van der Waals surface area contributed by atoms with Crippen LogP contribution in [0.4, 0.5) is 10.8 Å². The van der Waals surface area contributed by atoms with Crippen molar-refractivity contribution in [2.24, 2.45) is 11.8 Å². The second-order valence-electron chi connectivity index (χ2n) is 8.42. The van der Waals surface area contributed by atoms with Crippen LogP contribution >= 0.6 is 46.3 Å². The van der Waals surface area contributed by atoms with Gasteiger partial charge in [0.2, 0.25) is 11.8 Å². The number of hydrogen-bond acceptors (Lipinski definition) is 6. The molecule has 37 heavy (non-hydrogen) atoms. The Bertz CT molecular complexity index is 1340. The summed E-state index contributed by atoms with van der Waals surface area (Å²) < 4.78 is 0. The maximum atomic E-state index is 12.7. The number of anilines is 2. The molecule has 0 bridgehead atoms. The second kappa shape index (κ2) is 12.1. The Labute approximate surface area is 232 Å². The van der Waals surface area contributed by atoms with Gasteiger partial charge in [-0.05, 0) is 56.2 Å². The normalized spacial score (nSPS) is 17.7. The van der Waals surface area contributed by atoms with E-state index in [0.29, 0.717) is 39.4 Å². The van der Waals surface area contributed by atoms with Gasteiger partial charge in [-0.25, -0.2) is 4.98 Å². The van der Waals surface area contributed by atoms with Crippen LogP contribution in [0.1, 0.15) is 19.8 Å². The number of hydrogen-bond donors (Lipinski definition) is 3. The Morgan fingerprint density at radius 1 is 1.03 bits per heavy atom. The minimum absolute atomic E-state index is 0.192. The van der Waals surface area contributed by atoms with Crippen molar-refractivity contribution in [2.45, 2.75) is 29.9 Å². The zero-order valence-electron chi connectivity index (χ0n) is 19.6. The van der Waals surface area contributed by atoms with Gasteiger partial charge in [0.05, 0.1) is 32.8 Å². The number of thiazole rings is 1. The zero-order valence-corrected chi connectivity index (χ0v) is 22.8. The number of carboxylic acid groups (broad SMARTS) is 1. The van der Waals surface area contributed by atoms with Crippen molar-refractivity contribution in [3.63, 3.8) is 0 Å². The Morgan fingerprint density at radius 2 is 1.73 bits per heavy atom. The van der Waals surface area contributed by atoms with Gasteiger partial charge in [-0.1, -0.05) is 41.4 Å². The lowest BCUT2D eigenvalue weighted by molar-refractivity contribution is -0.146. The molecule has 0 aliphatic heterocycles. The van der Waals surface area contributed by atoms with E-state index < -0.39 is 23.1 Å². The summed E-state index contributed by atoms with van der Waals surface area (Å²) in [6, 6.07) is 12.3. The third-order valence-electron chi connectivity index (χ3n) is 5.84. The van der Waals surface area contributed by atoms with E-state index in [-0.39, 0.29) is 11.8 Å². The molecular formula is C26H23Cl2N3O4S2. The van der Waals surface area contributed by atoms with Crippen LogP contribution in [0.25, 0.3) is 11.3 Å². The fourth-order valence-corrected chi connectivity index (χ4v) is 5.70. The van der Waals surface area contributed by atoms with Crippen molar-refractivity contribution in [1.82, 2.24) is 4.98 Å². The number of thioether (sulfide) groups is 1. The predicted octanol–water partition coefficient (Wildman–Crippen LogP) is 6.84. The first-order valence-electron chi connectivity index (χ1n) is 11.4. The van der Waals surface area contributed by atoms with E-state index in [0.717, 1.165) is 10.5 Å². The Kier molecular flexibility index (Phi) is 8.91. The average Bonchev–Trinajstić information content (AvgIpc) is 3.35. The number of rotatable bonds is 8. The molecule has 0 spiro atoms. The van der Waals surface area contributed by atoms with Crippen LogP contribution in [-0.4, -0.2) is 33.1 Å². The molecule has 3 atom stereocenters. The van der Waals surface area contributed by atoms with E-state index in [9.17, 15) is 19.5 Å². The monoisotopic (exact) mass is 575 g/mol. The summed E-state index contributed by atoms with van der Waals surface area (Å²) in [6.45, 7) is 1.80. The molecule has 7 nitrogen and oxygen atoms in total. The average molecular weight is 577 g/mol. The minimum Gasteiger partial charge on any atom is -0.481 e. The highest BCUT2D eigenvalue weighted by atomic mass is 35.5. The summed E-state index contributed by atoms with van der Waals surface area (Å²) in [5.41, 5.74) is 2.07. The van der Waals surface area contributed by atoms with Crippen molar-refractivity contribution < 1.29 is 19.5 Å². The maximum absolute atomic E-state index is 12.7. The molecule has 1 aromatic heterocycles. The lowest BCUT2D eigenvalue weighted by Crippen LogP contribution is -2.34. The van der Waals surface area contributed by atoms with E-state index in [1.807, 2.05) is 29.7 Å². The van der Waals surface area contributed by atoms with Crippen LogP contribution in [0, 0.1) is 11.8 Å². The number of halogens is 2. The number of nitrogens with zero attached hydrogens (tertiary/aromatic N) is 1. The van der Waals surface area contributed by atoms with E-state index in [1.54, 1.807) is 37.3 Å². The lowest BCUT2D eigenvalue weighted by atomic mass is 9.82. The fourth-order valence-electron chi connectivity index (χ4n) is 3.81. The quantitative estimate of drug-likeness (QED) is 0.200. The SMILES string of the molecule is CC(Sc1ccc(NC(=O)C2CC=CCC2C(=O)O)cc1)C(=O)Nc1nc(-c2ccc(Cl)c(Cl)c2)cs1. The molecule has 3 unspecified atom stereocenters. The number of aromatic nitrogens is 1. The number of amides is 2. The standard InChI is InChI=1S/C26H23Cl2N3O4S2/c1-14(23(32)31-26-30-22(13-36-26)15-6-11-20(27)21(28)12-15)37-17-9-7-16(8-10-17)29-24(33)18-4-2-3-5-19(18)25(34)35/h2-3,6-14,18-19H,4-5H2,1H3,(H,29,33)(H,34,35)(H,30,31,32). The highest BCUT2D eigenvalue weighted by Crippen LogP contribution is 2.32. The first kappa shape index (κ1) is 27.2. The minimum atomic E-state index is -0.966. The van der Waals surface area contributed by atoms with Gasteiger partial charge >= 0.3 is 5.97 Å². The third kappa shape index (κ3) is 6.93. The van der Waals surface area contributed by atoms with Gasteiger partial charge in [-0.2, -0.15) is 0 Å². The molecule has 0 saturated carbocycles. The van der Waals surface area contributed by atoms with Gasteiger partial charge < -0.3 is 15.7 Å². The number of benzene rings is 2. The van der Waals surface area contributed by atoms with Crippen LogP contribution in [0.5, 0.6) is 0 Å².